The van der Waals surface area contributed by atoms with Gasteiger partial charge in [0.2, 0.25) is 0 Å². The first kappa shape index (κ1) is 16.0. The Balaban J connectivity index is 1.54. The second kappa shape index (κ2) is 7.17. The maximum absolute atomic E-state index is 9.52. The molecule has 1 heterocycles. The minimum Gasteiger partial charge on any atom is -0.395 e. The zero-order chi connectivity index (χ0) is 17.1. The summed E-state index contributed by atoms with van der Waals surface area (Å²) in [5.74, 6) is 0.779. The highest BCUT2D eigenvalue weighted by Gasteiger charge is 2.28. The lowest BCUT2D eigenvalue weighted by Gasteiger charge is -2.27. The zero-order valence-electron chi connectivity index (χ0n) is 14.1. The third kappa shape index (κ3) is 3.34. The number of fused-ring (bicyclic) bond motifs is 1. The molecule has 128 valence electrons. The average Bonchev–Trinajstić information content (AvgIpc) is 3.29. The third-order valence-corrected chi connectivity index (χ3v) is 4.83. The molecular formula is C20H22N4O. The number of nitrogens with zero attached hydrogens (tertiary/aromatic N) is 4. The monoisotopic (exact) mass is 334 g/mol. The number of aryl methyl sites for hydroxylation is 1. The highest BCUT2D eigenvalue weighted by atomic mass is 16.3. The molecule has 0 amide bonds. The van der Waals surface area contributed by atoms with Gasteiger partial charge in [-0.15, -0.1) is 5.10 Å². The van der Waals surface area contributed by atoms with E-state index in [0.717, 1.165) is 24.4 Å². The molecule has 0 bridgehead atoms. The Bertz CT molecular complexity index is 830. The van der Waals surface area contributed by atoms with Crippen LogP contribution in [0.1, 0.15) is 29.4 Å². The van der Waals surface area contributed by atoms with E-state index in [1.54, 1.807) is 11.0 Å². The zero-order valence-corrected chi connectivity index (χ0v) is 14.1. The summed E-state index contributed by atoms with van der Waals surface area (Å²) < 4.78 is 1.80. The number of hydrogen-bond donors (Lipinski definition) is 1. The first-order valence-electron chi connectivity index (χ1n) is 8.74. The van der Waals surface area contributed by atoms with E-state index in [-0.39, 0.29) is 6.61 Å². The van der Waals surface area contributed by atoms with Gasteiger partial charge in [0.25, 0.3) is 0 Å². The van der Waals surface area contributed by atoms with E-state index >= 15 is 0 Å². The van der Waals surface area contributed by atoms with Crippen LogP contribution in [0.4, 0.5) is 0 Å². The predicted octanol–water partition coefficient (Wildman–Crippen LogP) is 2.75. The van der Waals surface area contributed by atoms with Crippen LogP contribution in [0.2, 0.25) is 0 Å². The van der Waals surface area contributed by atoms with Crippen LogP contribution >= 0.6 is 0 Å². The number of para-hydroxylation sites is 1. The summed E-state index contributed by atoms with van der Waals surface area (Å²) in [5.41, 5.74) is 3.79. The number of hydrogen-bond acceptors (Lipinski definition) is 4. The van der Waals surface area contributed by atoms with Crippen LogP contribution in [0.3, 0.4) is 0 Å². The van der Waals surface area contributed by atoms with Gasteiger partial charge in [-0.3, -0.25) is 4.90 Å². The topological polar surface area (TPSA) is 54.2 Å². The Labute approximate surface area is 147 Å². The van der Waals surface area contributed by atoms with Crippen molar-refractivity contribution in [2.75, 3.05) is 13.2 Å². The van der Waals surface area contributed by atoms with Crippen LogP contribution in [0.5, 0.6) is 0 Å². The minimum atomic E-state index is 0.137. The number of rotatable bonds is 6. The molecule has 0 radical (unpaired) electrons. The van der Waals surface area contributed by atoms with Crippen LogP contribution in [0.25, 0.3) is 5.69 Å². The van der Waals surface area contributed by atoms with Crippen molar-refractivity contribution in [1.29, 1.82) is 0 Å². The molecule has 1 aliphatic carbocycles. The molecule has 1 atom stereocenters. The van der Waals surface area contributed by atoms with Crippen molar-refractivity contribution in [2.45, 2.75) is 25.4 Å². The molecule has 25 heavy (non-hydrogen) atoms. The molecule has 1 unspecified atom stereocenters. The highest BCUT2D eigenvalue weighted by Crippen LogP contribution is 2.35. The largest absolute Gasteiger partial charge is 0.395 e. The van der Waals surface area contributed by atoms with Crippen molar-refractivity contribution in [3.8, 4) is 5.69 Å². The molecule has 1 aromatic heterocycles. The first-order chi connectivity index (χ1) is 12.3. The van der Waals surface area contributed by atoms with Crippen molar-refractivity contribution in [3.05, 3.63) is 77.9 Å². The van der Waals surface area contributed by atoms with E-state index in [1.165, 1.54) is 11.1 Å². The van der Waals surface area contributed by atoms with Crippen molar-refractivity contribution in [1.82, 2.24) is 19.7 Å². The summed E-state index contributed by atoms with van der Waals surface area (Å²) in [4.78, 5) is 6.76. The summed E-state index contributed by atoms with van der Waals surface area (Å²) >= 11 is 0. The quantitative estimate of drug-likeness (QED) is 0.753. The van der Waals surface area contributed by atoms with Crippen LogP contribution in [0, 0.1) is 0 Å². The highest BCUT2D eigenvalue weighted by molar-refractivity contribution is 5.34. The normalized spacial score (nSPS) is 16.3. The van der Waals surface area contributed by atoms with Gasteiger partial charge in [-0.05, 0) is 36.1 Å². The summed E-state index contributed by atoms with van der Waals surface area (Å²) in [5, 5.41) is 14.1. The Kier molecular flexibility index (Phi) is 4.59. The number of aromatic nitrogens is 3. The summed E-state index contributed by atoms with van der Waals surface area (Å²) in [7, 11) is 0. The predicted molar refractivity (Wildman–Crippen MR) is 96.4 cm³/mol. The van der Waals surface area contributed by atoms with E-state index in [4.69, 9.17) is 0 Å². The molecule has 1 N–H and O–H groups in total. The Morgan fingerprint density at radius 2 is 1.88 bits per heavy atom. The van der Waals surface area contributed by atoms with Gasteiger partial charge < -0.3 is 5.11 Å². The smallest absolute Gasteiger partial charge is 0.165 e. The molecule has 2 aromatic carbocycles. The van der Waals surface area contributed by atoms with Gasteiger partial charge in [0.1, 0.15) is 6.33 Å². The maximum atomic E-state index is 9.52. The van der Waals surface area contributed by atoms with Crippen LogP contribution in [-0.2, 0) is 13.0 Å². The van der Waals surface area contributed by atoms with Crippen molar-refractivity contribution in [3.63, 3.8) is 0 Å². The van der Waals surface area contributed by atoms with Crippen LogP contribution in [-0.4, -0.2) is 37.9 Å². The number of aliphatic hydroxyl groups is 1. The van der Waals surface area contributed by atoms with Crippen molar-refractivity contribution in [2.24, 2.45) is 0 Å². The van der Waals surface area contributed by atoms with Gasteiger partial charge in [-0.25, -0.2) is 9.67 Å². The molecule has 0 saturated heterocycles. The molecule has 3 aromatic rings. The number of benzene rings is 2. The SMILES string of the molecule is OCCN(Cc1ncn(-c2ccccc2)n1)C1CCc2ccccc21. The summed E-state index contributed by atoms with van der Waals surface area (Å²) in [6.45, 7) is 1.40. The average molecular weight is 334 g/mol. The maximum Gasteiger partial charge on any atom is 0.165 e. The van der Waals surface area contributed by atoms with E-state index in [2.05, 4.69) is 39.2 Å². The van der Waals surface area contributed by atoms with Gasteiger partial charge >= 0.3 is 0 Å². The lowest BCUT2D eigenvalue weighted by atomic mass is 10.1. The van der Waals surface area contributed by atoms with Crippen LogP contribution < -0.4 is 0 Å². The van der Waals surface area contributed by atoms with Gasteiger partial charge in [-0.2, -0.15) is 0 Å². The van der Waals surface area contributed by atoms with E-state index < -0.39 is 0 Å². The second-order valence-corrected chi connectivity index (χ2v) is 6.39. The summed E-state index contributed by atoms with van der Waals surface area (Å²) in [6.07, 6.45) is 3.93. The molecule has 4 rings (SSSR count). The molecule has 5 heteroatoms. The Hall–Kier alpha value is -2.50. The van der Waals surface area contributed by atoms with E-state index in [1.807, 2.05) is 30.3 Å². The fourth-order valence-electron chi connectivity index (χ4n) is 3.64. The molecular weight excluding hydrogens is 312 g/mol. The third-order valence-electron chi connectivity index (χ3n) is 4.83. The lowest BCUT2D eigenvalue weighted by molar-refractivity contribution is 0.140. The Morgan fingerprint density at radius 1 is 1.08 bits per heavy atom. The van der Waals surface area contributed by atoms with Gasteiger partial charge in [-0.1, -0.05) is 42.5 Å². The van der Waals surface area contributed by atoms with Gasteiger partial charge in [0, 0.05) is 12.6 Å². The van der Waals surface area contributed by atoms with Crippen molar-refractivity contribution >= 4 is 0 Å². The van der Waals surface area contributed by atoms with E-state index in [9.17, 15) is 5.11 Å². The fraction of sp³-hybridized carbons (Fsp3) is 0.300. The molecule has 0 aliphatic heterocycles. The molecule has 0 saturated carbocycles. The Morgan fingerprint density at radius 3 is 2.72 bits per heavy atom. The standard InChI is InChI=1S/C20H22N4O/c25-13-12-23(19-11-10-16-6-4-5-9-18(16)19)14-20-21-15-24(22-20)17-7-2-1-3-8-17/h1-9,15,19,25H,10-14H2. The lowest BCUT2D eigenvalue weighted by Crippen LogP contribution is -2.30. The van der Waals surface area contributed by atoms with Crippen molar-refractivity contribution < 1.29 is 5.11 Å². The molecule has 1 aliphatic rings. The molecule has 0 spiro atoms. The van der Waals surface area contributed by atoms with Crippen LogP contribution in [0.15, 0.2) is 60.9 Å². The van der Waals surface area contributed by atoms with Gasteiger partial charge in [0.15, 0.2) is 5.82 Å². The van der Waals surface area contributed by atoms with Gasteiger partial charge in [0.05, 0.1) is 18.8 Å². The summed E-state index contributed by atoms with van der Waals surface area (Å²) in [6, 6.07) is 18.9. The second-order valence-electron chi connectivity index (χ2n) is 6.39. The molecule has 5 nitrogen and oxygen atoms in total. The first-order valence-corrected chi connectivity index (χ1v) is 8.74. The minimum absolute atomic E-state index is 0.137. The fourth-order valence-corrected chi connectivity index (χ4v) is 3.64. The molecule has 0 fully saturated rings. The van der Waals surface area contributed by atoms with E-state index in [0.29, 0.717) is 19.1 Å². The number of aliphatic hydroxyl groups excluding tert-OH is 1.